The molecular weight excluding hydrogens is 371 g/mol. The quantitative estimate of drug-likeness (QED) is 0.578. The molecular formula is C21H20F3NO3. The van der Waals surface area contributed by atoms with Gasteiger partial charge in [-0.2, -0.15) is 0 Å². The number of rotatable bonds is 5. The molecule has 4 nitrogen and oxygen atoms in total. The number of aromatic amines is 1. The van der Waals surface area contributed by atoms with Gasteiger partial charge in [-0.1, -0.05) is 6.07 Å². The molecule has 0 saturated heterocycles. The molecule has 1 aromatic heterocycles. The summed E-state index contributed by atoms with van der Waals surface area (Å²) in [5.41, 5.74) is 2.35. The van der Waals surface area contributed by atoms with Crippen molar-refractivity contribution in [1.29, 1.82) is 0 Å². The number of aromatic nitrogens is 1. The van der Waals surface area contributed by atoms with Gasteiger partial charge in [-0.25, -0.2) is 0 Å². The van der Waals surface area contributed by atoms with Crippen LogP contribution in [-0.2, 0) is 14.9 Å². The Morgan fingerprint density at radius 2 is 1.71 bits per heavy atom. The normalized spacial score (nSPS) is 12.2. The SMILES string of the molecule is CCOC(=O)C(C)(C)c1ccc2[nH]c(-c3ccc(OC(F)(F)F)cc3)cc2c1. The molecule has 7 heteroatoms. The van der Waals surface area contributed by atoms with Gasteiger partial charge >= 0.3 is 12.3 Å². The fourth-order valence-corrected chi connectivity index (χ4v) is 2.94. The lowest BCUT2D eigenvalue weighted by Gasteiger charge is -2.22. The number of benzene rings is 2. The van der Waals surface area contributed by atoms with Crippen molar-refractivity contribution in [2.75, 3.05) is 6.61 Å². The topological polar surface area (TPSA) is 51.3 Å². The largest absolute Gasteiger partial charge is 0.573 e. The van der Waals surface area contributed by atoms with Gasteiger partial charge < -0.3 is 14.5 Å². The Hall–Kier alpha value is -2.96. The van der Waals surface area contributed by atoms with Gasteiger partial charge in [0.25, 0.3) is 0 Å². The van der Waals surface area contributed by atoms with Crippen LogP contribution in [0.2, 0.25) is 0 Å². The fourth-order valence-electron chi connectivity index (χ4n) is 2.94. The van der Waals surface area contributed by atoms with Crippen molar-refractivity contribution in [3.8, 4) is 17.0 Å². The van der Waals surface area contributed by atoms with Gasteiger partial charge in [-0.05, 0) is 74.4 Å². The third kappa shape index (κ3) is 4.13. The van der Waals surface area contributed by atoms with Crippen molar-refractivity contribution in [2.24, 2.45) is 0 Å². The van der Waals surface area contributed by atoms with Gasteiger partial charge in [0.2, 0.25) is 0 Å². The maximum Gasteiger partial charge on any atom is 0.573 e. The number of ether oxygens (including phenoxy) is 2. The van der Waals surface area contributed by atoms with E-state index in [0.29, 0.717) is 6.61 Å². The van der Waals surface area contributed by atoms with Crippen LogP contribution in [0.25, 0.3) is 22.2 Å². The van der Waals surface area contributed by atoms with E-state index in [-0.39, 0.29) is 11.7 Å². The predicted molar refractivity (Wildman–Crippen MR) is 100 cm³/mol. The summed E-state index contributed by atoms with van der Waals surface area (Å²) >= 11 is 0. The minimum atomic E-state index is -4.72. The molecule has 0 aliphatic carbocycles. The zero-order chi connectivity index (χ0) is 20.5. The molecule has 0 amide bonds. The minimum Gasteiger partial charge on any atom is -0.465 e. The van der Waals surface area contributed by atoms with E-state index in [1.165, 1.54) is 12.1 Å². The molecule has 28 heavy (non-hydrogen) atoms. The first-order valence-corrected chi connectivity index (χ1v) is 8.77. The van der Waals surface area contributed by atoms with E-state index in [1.807, 2.05) is 24.3 Å². The van der Waals surface area contributed by atoms with Crippen molar-refractivity contribution in [3.05, 3.63) is 54.1 Å². The third-order valence-electron chi connectivity index (χ3n) is 4.53. The standard InChI is InChI=1S/C21H20F3NO3/c1-4-27-19(26)20(2,3)15-7-10-17-14(11-15)12-18(25-17)13-5-8-16(9-6-13)28-21(22,23)24/h5-12,25H,4H2,1-3H3. The summed E-state index contributed by atoms with van der Waals surface area (Å²) in [5, 5.41) is 0.889. The van der Waals surface area contributed by atoms with Crippen LogP contribution in [-0.4, -0.2) is 23.9 Å². The number of hydrogen-bond acceptors (Lipinski definition) is 3. The van der Waals surface area contributed by atoms with Crippen LogP contribution in [0.3, 0.4) is 0 Å². The number of esters is 1. The highest BCUT2D eigenvalue weighted by molar-refractivity contribution is 5.89. The molecule has 0 spiro atoms. The van der Waals surface area contributed by atoms with Gasteiger partial charge in [-0.3, -0.25) is 4.79 Å². The molecule has 1 N–H and O–H groups in total. The molecule has 0 unspecified atom stereocenters. The van der Waals surface area contributed by atoms with E-state index in [1.54, 1.807) is 32.9 Å². The van der Waals surface area contributed by atoms with Crippen LogP contribution in [0.4, 0.5) is 13.2 Å². The highest BCUT2D eigenvalue weighted by atomic mass is 19.4. The van der Waals surface area contributed by atoms with E-state index in [9.17, 15) is 18.0 Å². The van der Waals surface area contributed by atoms with Crippen LogP contribution < -0.4 is 4.74 Å². The van der Waals surface area contributed by atoms with Crippen molar-refractivity contribution in [2.45, 2.75) is 32.5 Å². The molecule has 3 rings (SSSR count). The summed E-state index contributed by atoms with van der Waals surface area (Å²) in [6.45, 7) is 5.69. The maximum absolute atomic E-state index is 12.3. The molecule has 148 valence electrons. The summed E-state index contributed by atoms with van der Waals surface area (Å²) in [7, 11) is 0. The molecule has 0 fully saturated rings. The van der Waals surface area contributed by atoms with Crippen LogP contribution in [0.5, 0.6) is 5.75 Å². The van der Waals surface area contributed by atoms with E-state index >= 15 is 0 Å². The predicted octanol–water partition coefficient (Wildman–Crippen LogP) is 5.57. The van der Waals surface area contributed by atoms with Crippen LogP contribution >= 0.6 is 0 Å². The van der Waals surface area contributed by atoms with E-state index < -0.39 is 11.8 Å². The minimum absolute atomic E-state index is 0.272. The van der Waals surface area contributed by atoms with Gasteiger partial charge in [0.15, 0.2) is 0 Å². The Kier molecular flexibility index (Phi) is 5.10. The zero-order valence-corrected chi connectivity index (χ0v) is 15.7. The van der Waals surface area contributed by atoms with Gasteiger partial charge in [0.1, 0.15) is 5.75 Å². The number of fused-ring (bicyclic) bond motifs is 1. The fraction of sp³-hybridized carbons (Fsp3) is 0.286. The first-order valence-electron chi connectivity index (χ1n) is 8.77. The summed E-state index contributed by atoms with van der Waals surface area (Å²) in [6, 6.07) is 13.2. The molecule has 2 aromatic carbocycles. The average Bonchev–Trinajstić information content (AvgIpc) is 3.04. The number of alkyl halides is 3. The second-order valence-electron chi connectivity index (χ2n) is 6.90. The monoisotopic (exact) mass is 391 g/mol. The number of nitrogens with one attached hydrogen (secondary N) is 1. The average molecular weight is 391 g/mol. The highest BCUT2D eigenvalue weighted by Crippen LogP contribution is 2.31. The van der Waals surface area contributed by atoms with Gasteiger partial charge in [0, 0.05) is 16.6 Å². The number of hydrogen-bond donors (Lipinski definition) is 1. The molecule has 0 atom stereocenters. The van der Waals surface area contributed by atoms with Crippen molar-refractivity contribution in [3.63, 3.8) is 0 Å². The Morgan fingerprint density at radius 1 is 1.04 bits per heavy atom. The van der Waals surface area contributed by atoms with Crippen LogP contribution in [0.1, 0.15) is 26.3 Å². The number of carbonyl (C=O) groups is 1. The Bertz CT molecular complexity index is 988. The highest BCUT2D eigenvalue weighted by Gasteiger charge is 2.32. The second kappa shape index (κ2) is 7.22. The molecule has 0 aliphatic rings. The van der Waals surface area contributed by atoms with Gasteiger partial charge in [0.05, 0.1) is 12.0 Å². The molecule has 3 aromatic rings. The zero-order valence-electron chi connectivity index (χ0n) is 15.7. The smallest absolute Gasteiger partial charge is 0.465 e. The van der Waals surface area contributed by atoms with Gasteiger partial charge in [-0.15, -0.1) is 13.2 Å². The molecule has 0 bridgehead atoms. The van der Waals surface area contributed by atoms with Crippen molar-refractivity contribution >= 4 is 16.9 Å². The first kappa shape index (κ1) is 19.8. The Labute approximate surface area is 160 Å². The van der Waals surface area contributed by atoms with Crippen LogP contribution in [0, 0.1) is 0 Å². The molecule has 0 radical (unpaired) electrons. The third-order valence-corrected chi connectivity index (χ3v) is 4.53. The van der Waals surface area contributed by atoms with Crippen LogP contribution in [0.15, 0.2) is 48.5 Å². The summed E-state index contributed by atoms with van der Waals surface area (Å²) < 4.78 is 45.9. The van der Waals surface area contributed by atoms with Crippen molar-refractivity contribution < 1.29 is 27.4 Å². The van der Waals surface area contributed by atoms with E-state index in [2.05, 4.69) is 9.72 Å². The summed E-state index contributed by atoms with van der Waals surface area (Å²) in [4.78, 5) is 15.5. The Morgan fingerprint density at radius 3 is 2.32 bits per heavy atom. The lowest BCUT2D eigenvalue weighted by atomic mass is 9.84. The number of H-pyrrole nitrogens is 1. The lowest BCUT2D eigenvalue weighted by molar-refractivity contribution is -0.274. The summed E-state index contributed by atoms with van der Waals surface area (Å²) in [5.74, 6) is -0.573. The molecule has 0 aliphatic heterocycles. The lowest BCUT2D eigenvalue weighted by Crippen LogP contribution is -2.31. The van der Waals surface area contributed by atoms with E-state index in [4.69, 9.17) is 4.74 Å². The number of halogens is 3. The first-order chi connectivity index (χ1) is 13.1. The maximum atomic E-state index is 12.3. The van der Waals surface area contributed by atoms with E-state index in [0.717, 1.165) is 27.7 Å². The summed E-state index contributed by atoms with van der Waals surface area (Å²) in [6.07, 6.45) is -4.72. The molecule has 1 heterocycles. The molecule has 0 saturated carbocycles. The second-order valence-corrected chi connectivity index (χ2v) is 6.90. The van der Waals surface area contributed by atoms with Crippen molar-refractivity contribution in [1.82, 2.24) is 4.98 Å². The number of carbonyl (C=O) groups excluding carboxylic acids is 1. The Balaban J connectivity index is 1.90.